The van der Waals surface area contributed by atoms with Crippen LogP contribution in [0.3, 0.4) is 0 Å². The number of rotatable bonds is 5. The largest absolute Gasteiger partial charge is 0.354 e. The number of carbonyl (C=O) groups is 2. The van der Waals surface area contributed by atoms with Gasteiger partial charge in [0.15, 0.2) is 5.96 Å². The molecule has 0 aromatic heterocycles. The van der Waals surface area contributed by atoms with E-state index >= 15 is 0 Å². The summed E-state index contributed by atoms with van der Waals surface area (Å²) in [5, 5.41) is 3.13. The molecule has 0 unspecified atom stereocenters. The summed E-state index contributed by atoms with van der Waals surface area (Å²) in [6, 6.07) is 6.40. The zero-order chi connectivity index (χ0) is 17.5. The van der Waals surface area contributed by atoms with Gasteiger partial charge in [-0.25, -0.2) is 4.39 Å². The monoisotopic (exact) mass is 462 g/mol. The molecule has 0 saturated carbocycles. The molecule has 1 aromatic rings. The van der Waals surface area contributed by atoms with Crippen molar-refractivity contribution in [3.63, 3.8) is 0 Å². The van der Waals surface area contributed by atoms with Gasteiger partial charge in [-0.2, -0.15) is 0 Å². The summed E-state index contributed by atoms with van der Waals surface area (Å²) in [5.74, 6) is 0.120. The maximum absolute atomic E-state index is 13.2. The number of piperidine rings is 1. The van der Waals surface area contributed by atoms with E-state index in [9.17, 15) is 14.0 Å². The number of benzene rings is 1. The second kappa shape index (κ2) is 10.3. The Morgan fingerprint density at radius 1 is 1.32 bits per heavy atom. The average molecular weight is 462 g/mol. The molecule has 1 saturated heterocycles. The fraction of sp³-hybridized carbons (Fsp3) is 0.471. The van der Waals surface area contributed by atoms with Crippen LogP contribution >= 0.6 is 24.0 Å². The molecule has 1 heterocycles. The molecule has 2 amide bonds. The van der Waals surface area contributed by atoms with E-state index in [1.165, 1.54) is 17.0 Å². The number of hydrogen-bond acceptors (Lipinski definition) is 3. The topological polar surface area (TPSA) is 65.0 Å². The molecule has 1 fully saturated rings. The summed E-state index contributed by atoms with van der Waals surface area (Å²) >= 11 is 0. The lowest BCUT2D eigenvalue weighted by atomic mass is 10.1. The van der Waals surface area contributed by atoms with Gasteiger partial charge in [-0.05, 0) is 24.1 Å². The lowest BCUT2D eigenvalue weighted by Crippen LogP contribution is -2.46. The van der Waals surface area contributed by atoms with Crippen LogP contribution in [0, 0.1) is 5.82 Å². The van der Waals surface area contributed by atoms with Crippen molar-refractivity contribution in [1.82, 2.24) is 15.1 Å². The standard InChI is InChI=1S/C17H23FN4O2.HI/c1-19-17(21(2)12-13-5-3-6-14(18)11-13)20-9-10-22-15(23)7-4-8-16(22)24;/h3,5-6,11H,4,7-10,12H2,1-2H3,(H,19,20);1H. The Hall–Kier alpha value is -1.71. The van der Waals surface area contributed by atoms with Crippen molar-refractivity contribution in [3.05, 3.63) is 35.6 Å². The van der Waals surface area contributed by atoms with Gasteiger partial charge in [0, 0.05) is 46.6 Å². The van der Waals surface area contributed by atoms with Crippen molar-refractivity contribution < 1.29 is 14.0 Å². The van der Waals surface area contributed by atoms with Gasteiger partial charge < -0.3 is 10.2 Å². The molecule has 1 aromatic carbocycles. The smallest absolute Gasteiger partial charge is 0.229 e. The molecule has 138 valence electrons. The molecule has 0 radical (unpaired) electrons. The fourth-order valence-electron chi connectivity index (χ4n) is 2.70. The molecule has 8 heteroatoms. The molecule has 1 aliphatic rings. The average Bonchev–Trinajstić information content (AvgIpc) is 2.53. The highest BCUT2D eigenvalue weighted by Gasteiger charge is 2.25. The highest BCUT2D eigenvalue weighted by molar-refractivity contribution is 14.0. The number of halogens is 2. The third-order valence-electron chi connectivity index (χ3n) is 3.88. The number of likely N-dealkylation sites (tertiary alicyclic amines) is 1. The van der Waals surface area contributed by atoms with Crippen molar-refractivity contribution in [3.8, 4) is 0 Å². The van der Waals surface area contributed by atoms with Crippen LogP contribution in [-0.2, 0) is 16.1 Å². The molecule has 0 spiro atoms. The first-order valence-electron chi connectivity index (χ1n) is 8.00. The summed E-state index contributed by atoms with van der Waals surface area (Å²) in [5.41, 5.74) is 0.835. The minimum atomic E-state index is -0.272. The SMILES string of the molecule is CN=C(NCCN1C(=O)CCCC1=O)N(C)Cc1cccc(F)c1.I. The van der Waals surface area contributed by atoms with Gasteiger partial charge >= 0.3 is 0 Å². The van der Waals surface area contributed by atoms with Crippen LogP contribution in [0.1, 0.15) is 24.8 Å². The Labute approximate surface area is 164 Å². The highest BCUT2D eigenvalue weighted by Crippen LogP contribution is 2.11. The first kappa shape index (κ1) is 21.3. The molecule has 1 N–H and O–H groups in total. The van der Waals surface area contributed by atoms with Gasteiger partial charge in [0.05, 0.1) is 0 Å². The fourth-order valence-corrected chi connectivity index (χ4v) is 2.70. The first-order chi connectivity index (χ1) is 11.5. The van der Waals surface area contributed by atoms with E-state index in [4.69, 9.17) is 0 Å². The van der Waals surface area contributed by atoms with E-state index in [0.717, 1.165) is 5.56 Å². The van der Waals surface area contributed by atoms with E-state index in [1.807, 2.05) is 18.0 Å². The van der Waals surface area contributed by atoms with Crippen molar-refractivity contribution in [2.24, 2.45) is 4.99 Å². The van der Waals surface area contributed by atoms with Crippen LogP contribution in [0.15, 0.2) is 29.3 Å². The zero-order valence-corrected chi connectivity index (χ0v) is 16.8. The molecule has 0 atom stereocenters. The van der Waals surface area contributed by atoms with Gasteiger partial charge in [0.2, 0.25) is 11.8 Å². The second-order valence-corrected chi connectivity index (χ2v) is 5.75. The van der Waals surface area contributed by atoms with Gasteiger partial charge in [0.1, 0.15) is 5.82 Å². The minimum absolute atomic E-state index is 0. The predicted octanol–water partition coefficient (Wildman–Crippen LogP) is 1.99. The van der Waals surface area contributed by atoms with Crippen LogP contribution in [0.4, 0.5) is 4.39 Å². The van der Waals surface area contributed by atoms with Crippen LogP contribution in [0.25, 0.3) is 0 Å². The van der Waals surface area contributed by atoms with Crippen molar-refractivity contribution >= 4 is 41.8 Å². The van der Waals surface area contributed by atoms with E-state index in [0.29, 0.717) is 44.9 Å². The zero-order valence-electron chi connectivity index (χ0n) is 14.5. The molecule has 0 aliphatic carbocycles. The molecular weight excluding hydrogens is 438 g/mol. The van der Waals surface area contributed by atoms with Crippen LogP contribution in [0.2, 0.25) is 0 Å². The van der Waals surface area contributed by atoms with Gasteiger partial charge in [-0.15, -0.1) is 24.0 Å². The van der Waals surface area contributed by atoms with Crippen molar-refractivity contribution in [2.45, 2.75) is 25.8 Å². The summed E-state index contributed by atoms with van der Waals surface area (Å²) in [4.78, 5) is 30.9. The number of nitrogens with one attached hydrogen (secondary N) is 1. The van der Waals surface area contributed by atoms with E-state index in [1.54, 1.807) is 13.1 Å². The van der Waals surface area contributed by atoms with Crippen LogP contribution in [0.5, 0.6) is 0 Å². The molecule has 2 rings (SSSR count). The third kappa shape index (κ3) is 6.26. The predicted molar refractivity (Wildman–Crippen MR) is 105 cm³/mol. The quantitative estimate of drug-likeness (QED) is 0.315. The Bertz CT molecular complexity index is 623. The van der Waals surface area contributed by atoms with Crippen molar-refractivity contribution in [1.29, 1.82) is 0 Å². The van der Waals surface area contributed by atoms with E-state index in [2.05, 4.69) is 10.3 Å². The van der Waals surface area contributed by atoms with E-state index in [-0.39, 0.29) is 41.6 Å². The summed E-state index contributed by atoms with van der Waals surface area (Å²) < 4.78 is 13.2. The minimum Gasteiger partial charge on any atom is -0.354 e. The highest BCUT2D eigenvalue weighted by atomic mass is 127. The molecular formula is C17H24FIN4O2. The molecule has 25 heavy (non-hydrogen) atoms. The van der Waals surface area contributed by atoms with E-state index < -0.39 is 0 Å². The number of imide groups is 1. The maximum Gasteiger partial charge on any atom is 0.229 e. The molecule has 6 nitrogen and oxygen atoms in total. The lowest BCUT2D eigenvalue weighted by molar-refractivity contribution is -0.147. The van der Waals surface area contributed by atoms with Crippen LogP contribution in [-0.4, -0.2) is 54.8 Å². The number of aliphatic imine (C=N–C) groups is 1. The summed E-state index contributed by atoms with van der Waals surface area (Å²) in [6.45, 7) is 1.25. The molecule has 0 bridgehead atoms. The van der Waals surface area contributed by atoms with Crippen LogP contribution < -0.4 is 5.32 Å². The Morgan fingerprint density at radius 3 is 2.60 bits per heavy atom. The lowest BCUT2D eigenvalue weighted by Gasteiger charge is -2.26. The second-order valence-electron chi connectivity index (χ2n) is 5.75. The van der Waals surface area contributed by atoms with Gasteiger partial charge in [-0.3, -0.25) is 19.5 Å². The first-order valence-corrected chi connectivity index (χ1v) is 8.00. The van der Waals surface area contributed by atoms with Crippen molar-refractivity contribution in [2.75, 3.05) is 27.2 Å². The number of hydrogen-bond donors (Lipinski definition) is 1. The number of nitrogens with zero attached hydrogens (tertiary/aromatic N) is 3. The Balaban J connectivity index is 0.00000312. The normalized spacial score (nSPS) is 15.0. The van der Waals surface area contributed by atoms with Gasteiger partial charge in [-0.1, -0.05) is 12.1 Å². The maximum atomic E-state index is 13.2. The number of guanidine groups is 1. The summed E-state index contributed by atoms with van der Waals surface area (Å²) in [6.07, 6.45) is 1.50. The number of carbonyl (C=O) groups excluding carboxylic acids is 2. The molecule has 1 aliphatic heterocycles. The Kier molecular flexibility index (Phi) is 8.81. The van der Waals surface area contributed by atoms with Gasteiger partial charge in [0.25, 0.3) is 0 Å². The third-order valence-corrected chi connectivity index (χ3v) is 3.88. The summed E-state index contributed by atoms with van der Waals surface area (Å²) in [7, 11) is 3.50. The Morgan fingerprint density at radius 2 is 2.00 bits per heavy atom. The number of amides is 2.